The van der Waals surface area contributed by atoms with E-state index in [1.807, 2.05) is 26.0 Å². The van der Waals surface area contributed by atoms with E-state index in [2.05, 4.69) is 16.5 Å². The first kappa shape index (κ1) is 22.9. The third-order valence-corrected chi connectivity index (χ3v) is 6.24. The van der Waals surface area contributed by atoms with Crippen molar-refractivity contribution in [2.75, 3.05) is 5.32 Å². The van der Waals surface area contributed by atoms with Crippen molar-refractivity contribution in [1.82, 2.24) is 9.78 Å². The Labute approximate surface area is 206 Å². The second kappa shape index (κ2) is 8.71. The maximum absolute atomic E-state index is 13.2. The Bertz CT molecular complexity index is 1780. The summed E-state index contributed by atoms with van der Waals surface area (Å²) < 4.78 is 7.94. The van der Waals surface area contributed by atoms with Crippen molar-refractivity contribution in [1.29, 1.82) is 5.26 Å². The summed E-state index contributed by atoms with van der Waals surface area (Å²) in [6.45, 7) is 3.79. The maximum atomic E-state index is 13.2. The van der Waals surface area contributed by atoms with Gasteiger partial charge in [0, 0.05) is 35.3 Å². The molecule has 0 aliphatic heterocycles. The number of nitriles is 1. The van der Waals surface area contributed by atoms with Crippen LogP contribution in [0.25, 0.3) is 33.2 Å². The highest BCUT2D eigenvalue weighted by molar-refractivity contribution is 5.94. The minimum atomic E-state index is -1.03. The van der Waals surface area contributed by atoms with Crippen LogP contribution < -0.4 is 10.7 Å². The molecule has 1 atom stereocenters. The van der Waals surface area contributed by atoms with E-state index < -0.39 is 5.97 Å². The van der Waals surface area contributed by atoms with Crippen LogP contribution in [0.4, 0.5) is 5.69 Å². The molecule has 0 spiro atoms. The third kappa shape index (κ3) is 3.87. The largest absolute Gasteiger partial charge is 0.478 e. The molecule has 0 aliphatic rings. The average Bonchev–Trinajstić information content (AvgIpc) is 3.19. The fraction of sp³-hybridized carbons (Fsp3) is 0.143. The number of aromatic nitrogens is 2. The van der Waals surface area contributed by atoms with Crippen molar-refractivity contribution in [2.45, 2.75) is 19.9 Å². The molecule has 0 radical (unpaired) electrons. The van der Waals surface area contributed by atoms with Crippen LogP contribution in [-0.4, -0.2) is 20.9 Å². The van der Waals surface area contributed by atoms with Crippen LogP contribution in [0, 0.1) is 18.3 Å². The minimum Gasteiger partial charge on any atom is -0.478 e. The number of benzene rings is 3. The first-order chi connectivity index (χ1) is 17.3. The number of fused-ring (bicyclic) bond motifs is 2. The zero-order chi connectivity index (χ0) is 25.6. The molecule has 36 heavy (non-hydrogen) atoms. The van der Waals surface area contributed by atoms with Gasteiger partial charge in [-0.25, -0.2) is 4.79 Å². The van der Waals surface area contributed by atoms with Crippen molar-refractivity contribution < 1.29 is 14.3 Å². The number of rotatable bonds is 5. The van der Waals surface area contributed by atoms with Gasteiger partial charge in [0.2, 0.25) is 0 Å². The van der Waals surface area contributed by atoms with Gasteiger partial charge in [0.25, 0.3) is 0 Å². The molecule has 178 valence electrons. The Balaban J connectivity index is 1.65. The lowest BCUT2D eigenvalue weighted by Gasteiger charge is -2.19. The predicted octanol–water partition coefficient (Wildman–Crippen LogP) is 5.40. The SMILES string of the molecule is Cc1cc(C(C)Nc2ccccc2C(=O)O)c2oc(-c3ccc4c(C#N)nn(C)c4c3)cc(=O)c2c1. The quantitative estimate of drug-likeness (QED) is 0.347. The van der Waals surface area contributed by atoms with Gasteiger partial charge in [-0.3, -0.25) is 9.48 Å². The topological polar surface area (TPSA) is 121 Å². The predicted molar refractivity (Wildman–Crippen MR) is 137 cm³/mol. The zero-order valence-corrected chi connectivity index (χ0v) is 19.9. The van der Waals surface area contributed by atoms with Crippen LogP contribution >= 0.6 is 0 Å². The summed E-state index contributed by atoms with van der Waals surface area (Å²) in [7, 11) is 1.76. The van der Waals surface area contributed by atoms with E-state index >= 15 is 0 Å². The van der Waals surface area contributed by atoms with Crippen LogP contribution in [0.1, 0.15) is 40.1 Å². The second-order valence-corrected chi connectivity index (χ2v) is 8.74. The molecule has 8 nitrogen and oxygen atoms in total. The van der Waals surface area contributed by atoms with E-state index in [1.165, 1.54) is 12.1 Å². The number of hydrogen-bond acceptors (Lipinski definition) is 6. The summed E-state index contributed by atoms with van der Waals surface area (Å²) in [5.74, 6) is -0.643. The molecular weight excluding hydrogens is 456 g/mol. The lowest BCUT2D eigenvalue weighted by Crippen LogP contribution is -2.12. The highest BCUT2D eigenvalue weighted by atomic mass is 16.4. The van der Waals surface area contributed by atoms with E-state index in [-0.39, 0.29) is 17.0 Å². The fourth-order valence-corrected chi connectivity index (χ4v) is 4.50. The summed E-state index contributed by atoms with van der Waals surface area (Å²) in [5, 5.41) is 27.5. The van der Waals surface area contributed by atoms with Crippen LogP contribution in [0.3, 0.4) is 0 Å². The molecular formula is C28H22N4O4. The van der Waals surface area contributed by atoms with Crippen LogP contribution in [0.15, 0.2) is 69.9 Å². The maximum Gasteiger partial charge on any atom is 0.337 e. The molecule has 2 aromatic heterocycles. The lowest BCUT2D eigenvalue weighted by molar-refractivity contribution is 0.0698. The highest BCUT2D eigenvalue weighted by Crippen LogP contribution is 2.32. The van der Waals surface area contributed by atoms with E-state index in [0.717, 1.165) is 22.0 Å². The number of nitrogens with one attached hydrogen (secondary N) is 1. The van der Waals surface area contributed by atoms with Gasteiger partial charge in [0.05, 0.1) is 22.5 Å². The van der Waals surface area contributed by atoms with E-state index in [9.17, 15) is 20.0 Å². The van der Waals surface area contributed by atoms with Crippen molar-refractivity contribution in [2.24, 2.45) is 7.05 Å². The van der Waals surface area contributed by atoms with Gasteiger partial charge in [-0.15, -0.1) is 0 Å². The van der Waals surface area contributed by atoms with Gasteiger partial charge < -0.3 is 14.8 Å². The van der Waals surface area contributed by atoms with Gasteiger partial charge in [0.15, 0.2) is 11.1 Å². The van der Waals surface area contributed by atoms with Crippen molar-refractivity contribution in [3.63, 3.8) is 0 Å². The Morgan fingerprint density at radius 1 is 1.14 bits per heavy atom. The van der Waals surface area contributed by atoms with Gasteiger partial charge in [-0.1, -0.05) is 24.3 Å². The summed E-state index contributed by atoms with van der Waals surface area (Å²) in [4.78, 5) is 24.8. The third-order valence-electron chi connectivity index (χ3n) is 6.24. The highest BCUT2D eigenvalue weighted by Gasteiger charge is 2.19. The molecule has 0 amide bonds. The number of nitrogens with zero attached hydrogens (tertiary/aromatic N) is 3. The van der Waals surface area contributed by atoms with Crippen molar-refractivity contribution in [3.05, 3.63) is 93.3 Å². The van der Waals surface area contributed by atoms with E-state index in [0.29, 0.717) is 33.7 Å². The molecule has 0 bridgehead atoms. The molecule has 0 saturated heterocycles. The summed E-state index contributed by atoms with van der Waals surface area (Å²) >= 11 is 0. The minimum absolute atomic E-state index is 0.157. The number of aryl methyl sites for hydroxylation is 2. The molecule has 2 heterocycles. The van der Waals surface area contributed by atoms with Crippen LogP contribution in [0.5, 0.6) is 0 Å². The number of carboxylic acids is 1. The smallest absolute Gasteiger partial charge is 0.337 e. The Morgan fingerprint density at radius 2 is 1.92 bits per heavy atom. The average molecular weight is 479 g/mol. The second-order valence-electron chi connectivity index (χ2n) is 8.74. The van der Waals surface area contributed by atoms with Crippen molar-refractivity contribution in [3.8, 4) is 17.4 Å². The first-order valence-electron chi connectivity index (χ1n) is 11.3. The molecule has 8 heteroatoms. The summed E-state index contributed by atoms with van der Waals surface area (Å²) in [6, 6.07) is 19.0. The van der Waals surface area contributed by atoms with E-state index in [1.54, 1.807) is 48.1 Å². The van der Waals surface area contributed by atoms with E-state index in [4.69, 9.17) is 4.42 Å². The molecule has 2 N–H and O–H groups in total. The summed E-state index contributed by atoms with van der Waals surface area (Å²) in [5.41, 5.74) is 4.25. The fourth-order valence-electron chi connectivity index (χ4n) is 4.50. The molecule has 0 aliphatic carbocycles. The molecule has 0 fully saturated rings. The zero-order valence-electron chi connectivity index (χ0n) is 19.9. The standard InChI is InChI=1S/C28H22N4O4/c1-15-10-20(16(2)30-22-7-5-4-6-19(22)28(34)35)27-21(11-15)25(33)13-26(36-27)17-8-9-18-23(14-29)31-32(3)24(18)12-17/h4-13,16,30H,1-3H3,(H,34,35). The van der Waals surface area contributed by atoms with Crippen LogP contribution in [0.2, 0.25) is 0 Å². The Kier molecular flexibility index (Phi) is 5.53. The number of carbonyl (C=O) groups is 1. The molecule has 5 rings (SSSR count). The Hall–Kier alpha value is -4.90. The molecule has 0 saturated carbocycles. The molecule has 1 unspecified atom stereocenters. The van der Waals surface area contributed by atoms with Gasteiger partial charge >= 0.3 is 5.97 Å². The number of aromatic carboxylic acids is 1. The number of para-hydroxylation sites is 1. The summed E-state index contributed by atoms with van der Waals surface area (Å²) in [6.07, 6.45) is 0. The van der Waals surface area contributed by atoms with Gasteiger partial charge in [-0.05, 0) is 49.7 Å². The first-order valence-corrected chi connectivity index (χ1v) is 11.3. The number of anilines is 1. The van der Waals surface area contributed by atoms with Gasteiger partial charge in [-0.2, -0.15) is 10.4 Å². The number of carboxylic acid groups (broad SMARTS) is 1. The van der Waals surface area contributed by atoms with Gasteiger partial charge in [0.1, 0.15) is 17.4 Å². The lowest BCUT2D eigenvalue weighted by atomic mass is 10.00. The van der Waals surface area contributed by atoms with Crippen LogP contribution in [-0.2, 0) is 7.05 Å². The normalized spacial score (nSPS) is 11.9. The molecule has 3 aromatic carbocycles. The number of hydrogen-bond donors (Lipinski definition) is 2. The molecule has 5 aromatic rings. The monoisotopic (exact) mass is 478 g/mol. The van der Waals surface area contributed by atoms with Crippen molar-refractivity contribution >= 4 is 33.5 Å². The Morgan fingerprint density at radius 3 is 2.67 bits per heavy atom.